The standard InChI is InChI=1S/C11H12ClN/c1-3-4-7-13-10-6-5-9(2)11(12)8-10/h1,5-6,8,13H,4,7H2,2H3. The van der Waals surface area contributed by atoms with Gasteiger partial charge in [0.05, 0.1) is 0 Å². The molecule has 0 unspecified atom stereocenters. The van der Waals surface area contributed by atoms with E-state index in [9.17, 15) is 0 Å². The van der Waals surface area contributed by atoms with Gasteiger partial charge in [-0.05, 0) is 24.6 Å². The van der Waals surface area contributed by atoms with Gasteiger partial charge in [0.25, 0.3) is 0 Å². The zero-order chi connectivity index (χ0) is 9.68. The number of nitrogens with one attached hydrogen (secondary N) is 1. The summed E-state index contributed by atoms with van der Waals surface area (Å²) >= 11 is 5.95. The van der Waals surface area contributed by atoms with Crippen LogP contribution in [0.2, 0.25) is 5.02 Å². The van der Waals surface area contributed by atoms with Gasteiger partial charge in [0.1, 0.15) is 0 Å². The van der Waals surface area contributed by atoms with E-state index in [0.29, 0.717) is 0 Å². The predicted molar refractivity (Wildman–Crippen MR) is 58.1 cm³/mol. The maximum atomic E-state index is 5.95. The van der Waals surface area contributed by atoms with Gasteiger partial charge in [-0.3, -0.25) is 0 Å². The molecule has 0 aliphatic rings. The molecular formula is C11H12ClN. The summed E-state index contributed by atoms with van der Waals surface area (Å²) in [4.78, 5) is 0. The van der Waals surface area contributed by atoms with Gasteiger partial charge in [0.2, 0.25) is 0 Å². The second-order valence-corrected chi connectivity index (χ2v) is 3.25. The molecule has 13 heavy (non-hydrogen) atoms. The smallest absolute Gasteiger partial charge is 0.0455 e. The van der Waals surface area contributed by atoms with Gasteiger partial charge in [-0.25, -0.2) is 0 Å². The summed E-state index contributed by atoms with van der Waals surface area (Å²) in [6, 6.07) is 5.89. The third-order valence-electron chi connectivity index (χ3n) is 1.77. The van der Waals surface area contributed by atoms with Crippen molar-refractivity contribution in [2.75, 3.05) is 11.9 Å². The second-order valence-electron chi connectivity index (χ2n) is 2.84. The Morgan fingerprint density at radius 2 is 2.31 bits per heavy atom. The van der Waals surface area contributed by atoms with E-state index in [4.69, 9.17) is 18.0 Å². The molecule has 0 saturated carbocycles. The Bertz CT molecular complexity index is 325. The lowest BCUT2D eigenvalue weighted by molar-refractivity contribution is 1.10. The summed E-state index contributed by atoms with van der Waals surface area (Å²) in [5, 5.41) is 3.97. The summed E-state index contributed by atoms with van der Waals surface area (Å²) in [6.07, 6.45) is 5.86. The molecule has 1 rings (SSSR count). The molecule has 0 aliphatic heterocycles. The molecular weight excluding hydrogens is 182 g/mol. The Hall–Kier alpha value is -1.13. The first-order chi connectivity index (χ1) is 6.24. The van der Waals surface area contributed by atoms with Gasteiger partial charge < -0.3 is 5.32 Å². The number of halogens is 1. The fourth-order valence-electron chi connectivity index (χ4n) is 0.982. The molecule has 0 bridgehead atoms. The molecule has 0 fully saturated rings. The molecule has 0 radical (unpaired) electrons. The number of anilines is 1. The lowest BCUT2D eigenvalue weighted by Gasteiger charge is -2.05. The Balaban J connectivity index is 2.59. The third kappa shape index (κ3) is 3.01. The van der Waals surface area contributed by atoms with Crippen molar-refractivity contribution >= 4 is 17.3 Å². The average molecular weight is 194 g/mol. The summed E-state index contributed by atoms with van der Waals surface area (Å²) in [5.41, 5.74) is 2.11. The Kier molecular flexibility index (Phi) is 3.67. The quantitative estimate of drug-likeness (QED) is 0.575. The van der Waals surface area contributed by atoms with Gasteiger partial charge in [-0.2, -0.15) is 0 Å². The van der Waals surface area contributed by atoms with Crippen LogP contribution in [0, 0.1) is 19.3 Å². The van der Waals surface area contributed by atoms with E-state index in [0.717, 1.165) is 29.2 Å². The van der Waals surface area contributed by atoms with Gasteiger partial charge in [-0.15, -0.1) is 12.3 Å². The van der Waals surface area contributed by atoms with E-state index in [1.165, 1.54) is 0 Å². The Labute approximate surface area is 84.1 Å². The number of aryl methyl sites for hydroxylation is 1. The second kappa shape index (κ2) is 4.79. The lowest BCUT2D eigenvalue weighted by Crippen LogP contribution is -1.99. The van der Waals surface area contributed by atoms with Crippen LogP contribution >= 0.6 is 11.6 Å². The number of rotatable bonds is 3. The lowest BCUT2D eigenvalue weighted by atomic mass is 10.2. The molecule has 1 aromatic rings. The molecule has 0 aromatic heterocycles. The van der Waals surface area contributed by atoms with Crippen molar-refractivity contribution in [1.29, 1.82) is 0 Å². The summed E-state index contributed by atoms with van der Waals surface area (Å²) in [5.74, 6) is 2.57. The molecule has 1 aromatic carbocycles. The van der Waals surface area contributed by atoms with Crippen molar-refractivity contribution in [1.82, 2.24) is 0 Å². The first-order valence-corrected chi connectivity index (χ1v) is 4.55. The molecule has 0 saturated heterocycles. The van der Waals surface area contributed by atoms with Crippen molar-refractivity contribution in [3.63, 3.8) is 0 Å². The summed E-state index contributed by atoms with van der Waals surface area (Å²) < 4.78 is 0. The molecule has 1 nitrogen and oxygen atoms in total. The number of benzene rings is 1. The van der Waals surface area contributed by atoms with E-state index >= 15 is 0 Å². The predicted octanol–water partition coefficient (Wildman–Crippen LogP) is 3.08. The first-order valence-electron chi connectivity index (χ1n) is 4.17. The van der Waals surface area contributed by atoms with E-state index in [2.05, 4.69) is 11.2 Å². The molecule has 0 spiro atoms. The van der Waals surface area contributed by atoms with E-state index < -0.39 is 0 Å². The number of hydrogen-bond acceptors (Lipinski definition) is 1. The van der Waals surface area contributed by atoms with Crippen molar-refractivity contribution < 1.29 is 0 Å². The van der Waals surface area contributed by atoms with Gasteiger partial charge in [-0.1, -0.05) is 17.7 Å². The van der Waals surface area contributed by atoms with Crippen LogP contribution in [0.25, 0.3) is 0 Å². The Morgan fingerprint density at radius 3 is 2.92 bits per heavy atom. The molecule has 1 N–H and O–H groups in total. The van der Waals surface area contributed by atoms with E-state index in [-0.39, 0.29) is 0 Å². The van der Waals surface area contributed by atoms with Crippen LogP contribution in [0.4, 0.5) is 5.69 Å². The Morgan fingerprint density at radius 1 is 1.54 bits per heavy atom. The minimum absolute atomic E-state index is 0.728. The van der Waals surface area contributed by atoms with Gasteiger partial charge in [0, 0.05) is 23.7 Å². The highest BCUT2D eigenvalue weighted by atomic mass is 35.5. The zero-order valence-electron chi connectivity index (χ0n) is 7.60. The minimum atomic E-state index is 0.728. The summed E-state index contributed by atoms with van der Waals surface area (Å²) in [6.45, 7) is 2.77. The SMILES string of the molecule is C#CCCNc1ccc(C)c(Cl)c1. The highest BCUT2D eigenvalue weighted by molar-refractivity contribution is 6.31. The van der Waals surface area contributed by atoms with Gasteiger partial charge >= 0.3 is 0 Å². The van der Waals surface area contributed by atoms with Crippen LogP contribution < -0.4 is 5.32 Å². The molecule has 2 heteroatoms. The van der Waals surface area contributed by atoms with Gasteiger partial charge in [0.15, 0.2) is 0 Å². The zero-order valence-corrected chi connectivity index (χ0v) is 8.36. The van der Waals surface area contributed by atoms with Crippen LogP contribution in [0.1, 0.15) is 12.0 Å². The first kappa shape index (κ1) is 9.95. The van der Waals surface area contributed by atoms with Crippen molar-refractivity contribution in [2.24, 2.45) is 0 Å². The number of hydrogen-bond donors (Lipinski definition) is 1. The van der Waals surface area contributed by atoms with E-state index in [1.807, 2.05) is 25.1 Å². The fourth-order valence-corrected chi connectivity index (χ4v) is 1.16. The minimum Gasteiger partial charge on any atom is -0.384 e. The average Bonchev–Trinajstić information content (AvgIpc) is 2.12. The third-order valence-corrected chi connectivity index (χ3v) is 2.18. The molecule has 68 valence electrons. The largest absolute Gasteiger partial charge is 0.384 e. The monoisotopic (exact) mass is 193 g/mol. The fraction of sp³-hybridized carbons (Fsp3) is 0.273. The van der Waals surface area contributed by atoms with Crippen LogP contribution in [0.5, 0.6) is 0 Å². The van der Waals surface area contributed by atoms with Crippen LogP contribution in [-0.4, -0.2) is 6.54 Å². The summed E-state index contributed by atoms with van der Waals surface area (Å²) in [7, 11) is 0. The van der Waals surface area contributed by atoms with Crippen LogP contribution in [0.3, 0.4) is 0 Å². The molecule has 0 amide bonds. The van der Waals surface area contributed by atoms with Crippen LogP contribution in [-0.2, 0) is 0 Å². The van der Waals surface area contributed by atoms with Crippen molar-refractivity contribution in [2.45, 2.75) is 13.3 Å². The maximum absolute atomic E-state index is 5.95. The highest BCUT2D eigenvalue weighted by Crippen LogP contribution is 2.19. The highest BCUT2D eigenvalue weighted by Gasteiger charge is 1.95. The molecule has 0 aliphatic carbocycles. The number of terminal acetylenes is 1. The normalized spacial score (nSPS) is 9.31. The molecule has 0 heterocycles. The van der Waals surface area contributed by atoms with Crippen molar-refractivity contribution in [3.05, 3.63) is 28.8 Å². The van der Waals surface area contributed by atoms with Crippen molar-refractivity contribution in [3.8, 4) is 12.3 Å². The molecule has 0 atom stereocenters. The topological polar surface area (TPSA) is 12.0 Å². The van der Waals surface area contributed by atoms with Crippen LogP contribution in [0.15, 0.2) is 18.2 Å². The van der Waals surface area contributed by atoms with E-state index in [1.54, 1.807) is 0 Å². The maximum Gasteiger partial charge on any atom is 0.0455 e.